The summed E-state index contributed by atoms with van der Waals surface area (Å²) < 4.78 is 87.8. The lowest BCUT2D eigenvalue weighted by atomic mass is 10.00. The van der Waals surface area contributed by atoms with Gasteiger partial charge in [0.2, 0.25) is 0 Å². The zero-order chi connectivity index (χ0) is 24.7. The fourth-order valence-electron chi connectivity index (χ4n) is 5.72. The number of hydrogen-bond acceptors (Lipinski definition) is 5. The van der Waals surface area contributed by atoms with Gasteiger partial charge in [0.1, 0.15) is 11.4 Å². The van der Waals surface area contributed by atoms with Gasteiger partial charge in [-0.15, -0.1) is 10.2 Å². The van der Waals surface area contributed by atoms with E-state index >= 15 is 0 Å². The van der Waals surface area contributed by atoms with Gasteiger partial charge in [0.15, 0.2) is 17.5 Å². The summed E-state index contributed by atoms with van der Waals surface area (Å²) in [6.07, 6.45) is -1.20. The molecule has 5 nitrogen and oxygen atoms in total. The molecule has 3 aliphatic rings. The number of nitrogens with zero attached hydrogens (tertiary/aromatic N) is 3. The first-order chi connectivity index (χ1) is 16.7. The lowest BCUT2D eigenvalue weighted by Gasteiger charge is -2.28. The number of likely N-dealkylation sites (tertiary alicyclic amines) is 1. The first-order valence-corrected chi connectivity index (χ1v) is 11.8. The zero-order valence-corrected chi connectivity index (χ0v) is 18.9. The largest absolute Gasteiger partial charge is 0.420 e. The van der Waals surface area contributed by atoms with Crippen LogP contribution >= 0.6 is 0 Å². The van der Waals surface area contributed by atoms with Gasteiger partial charge in [-0.3, -0.25) is 0 Å². The molecule has 5 rings (SSSR count). The Morgan fingerprint density at radius 2 is 1.57 bits per heavy atom. The van der Waals surface area contributed by atoms with Gasteiger partial charge in [-0.2, -0.15) is 13.2 Å². The Bertz CT molecular complexity index is 1060. The predicted octanol–water partition coefficient (Wildman–Crippen LogP) is 5.13. The van der Waals surface area contributed by atoms with Gasteiger partial charge in [0.25, 0.3) is 0 Å². The molecule has 0 unspecified atom stereocenters. The number of rotatable bonds is 5. The number of ether oxygens (including phenoxy) is 1. The molecule has 0 radical (unpaired) electrons. The minimum Gasteiger partial charge on any atom is -0.381 e. The molecule has 3 heterocycles. The van der Waals surface area contributed by atoms with E-state index in [1.165, 1.54) is 0 Å². The van der Waals surface area contributed by atoms with Crippen LogP contribution in [0.2, 0.25) is 0 Å². The number of benzene rings is 1. The molecule has 2 saturated heterocycles. The van der Waals surface area contributed by atoms with Crippen molar-refractivity contribution in [2.45, 2.75) is 37.9 Å². The molecule has 0 spiro atoms. The number of hydrogen-bond donors (Lipinski definition) is 1. The second kappa shape index (κ2) is 9.57. The lowest BCUT2D eigenvalue weighted by Crippen LogP contribution is -2.32. The molecule has 35 heavy (non-hydrogen) atoms. The van der Waals surface area contributed by atoms with Crippen LogP contribution in [0.1, 0.15) is 31.2 Å². The summed E-state index contributed by atoms with van der Waals surface area (Å²) in [5.41, 5.74) is -2.23. The van der Waals surface area contributed by atoms with Crippen molar-refractivity contribution >= 4 is 5.82 Å². The molecule has 3 atom stereocenters. The third-order valence-corrected chi connectivity index (χ3v) is 7.41. The van der Waals surface area contributed by atoms with Crippen LogP contribution in [-0.4, -0.2) is 54.0 Å². The highest BCUT2D eigenvalue weighted by molar-refractivity contribution is 5.63. The van der Waals surface area contributed by atoms with E-state index in [0.29, 0.717) is 29.9 Å². The first-order valence-electron chi connectivity index (χ1n) is 11.8. The van der Waals surface area contributed by atoms with E-state index < -0.39 is 46.3 Å². The molecule has 11 heteroatoms. The molecule has 1 N–H and O–H groups in total. The van der Waals surface area contributed by atoms with Crippen LogP contribution in [-0.2, 0) is 10.9 Å². The monoisotopic (exact) mass is 500 g/mol. The molecular weight excluding hydrogens is 474 g/mol. The maximum atomic E-state index is 14.1. The number of fused-ring (bicyclic) bond motifs is 1. The van der Waals surface area contributed by atoms with Gasteiger partial charge in [0.05, 0.1) is 5.69 Å². The van der Waals surface area contributed by atoms with E-state index in [0.717, 1.165) is 58.5 Å². The summed E-state index contributed by atoms with van der Waals surface area (Å²) in [4.78, 5) is 2.47. The topological polar surface area (TPSA) is 50.3 Å². The Kier molecular flexibility index (Phi) is 6.65. The Morgan fingerprint density at radius 1 is 0.914 bits per heavy atom. The summed E-state index contributed by atoms with van der Waals surface area (Å²) in [6, 6.07) is 1.19. The summed E-state index contributed by atoms with van der Waals surface area (Å²) in [6.45, 7) is 4.53. The minimum absolute atomic E-state index is 0.184. The highest BCUT2D eigenvalue weighted by Gasteiger charge is 2.43. The second-order valence-electron chi connectivity index (χ2n) is 9.84. The summed E-state index contributed by atoms with van der Waals surface area (Å²) in [5.74, 6) is -3.03. The van der Waals surface area contributed by atoms with Crippen molar-refractivity contribution in [3.8, 4) is 11.3 Å². The van der Waals surface area contributed by atoms with Crippen molar-refractivity contribution in [2.24, 2.45) is 17.8 Å². The lowest BCUT2D eigenvalue weighted by molar-refractivity contribution is -0.137. The van der Waals surface area contributed by atoms with Crippen LogP contribution in [0.25, 0.3) is 11.3 Å². The fourth-order valence-corrected chi connectivity index (χ4v) is 5.72. The summed E-state index contributed by atoms with van der Waals surface area (Å²) in [7, 11) is 0. The molecule has 190 valence electrons. The molecule has 2 aromatic rings. The minimum atomic E-state index is -4.79. The zero-order valence-electron chi connectivity index (χ0n) is 18.9. The normalized spacial score (nSPS) is 25.7. The third kappa shape index (κ3) is 5.25. The fraction of sp³-hybridized carbons (Fsp3) is 0.583. The summed E-state index contributed by atoms with van der Waals surface area (Å²) in [5, 5.41) is 10.3. The van der Waals surface area contributed by atoms with Crippen LogP contribution in [0.4, 0.5) is 32.2 Å². The molecule has 3 fully saturated rings. The molecule has 1 aromatic carbocycles. The average molecular weight is 500 g/mol. The molecule has 0 bridgehead atoms. The SMILES string of the molecule is Fc1cc(F)c(-c2cc(C(F)(F)F)c(N[C@H]3C[C@@H]4CN(CC5CCOCC5)C[C@@H]4C3)nn2)cc1F. The van der Waals surface area contributed by atoms with Gasteiger partial charge < -0.3 is 15.0 Å². The molecule has 2 aliphatic heterocycles. The second-order valence-corrected chi connectivity index (χ2v) is 9.84. The van der Waals surface area contributed by atoms with E-state index in [4.69, 9.17) is 4.74 Å². The molecule has 1 aromatic heterocycles. The predicted molar refractivity (Wildman–Crippen MR) is 116 cm³/mol. The smallest absolute Gasteiger partial charge is 0.381 e. The number of alkyl halides is 3. The maximum absolute atomic E-state index is 14.1. The van der Waals surface area contributed by atoms with Crippen molar-refractivity contribution in [2.75, 3.05) is 38.2 Å². The van der Waals surface area contributed by atoms with Crippen LogP contribution < -0.4 is 5.32 Å². The maximum Gasteiger partial charge on any atom is 0.420 e. The van der Waals surface area contributed by atoms with Crippen LogP contribution in [0, 0.1) is 35.2 Å². The number of nitrogens with one attached hydrogen (secondary N) is 1. The standard InChI is InChI=1S/C24H26F6N4O/c25-19-9-21(27)20(26)7-17(19)22-8-18(24(28,29)30)23(33-32-22)31-16-5-14-11-34(12-15(14)6-16)10-13-1-3-35-4-2-13/h7-9,13-16H,1-6,10-12H2,(H,31,33)/t14-,15+,16+. The highest BCUT2D eigenvalue weighted by Crippen LogP contribution is 2.42. The summed E-state index contributed by atoms with van der Waals surface area (Å²) >= 11 is 0. The van der Waals surface area contributed by atoms with Crippen molar-refractivity contribution in [1.82, 2.24) is 15.1 Å². The van der Waals surface area contributed by atoms with Crippen LogP contribution in [0.15, 0.2) is 18.2 Å². The van der Waals surface area contributed by atoms with Crippen molar-refractivity contribution in [3.05, 3.63) is 41.2 Å². The van der Waals surface area contributed by atoms with Crippen LogP contribution in [0.3, 0.4) is 0 Å². The molecule has 1 aliphatic carbocycles. The number of halogens is 6. The number of aromatic nitrogens is 2. The van der Waals surface area contributed by atoms with E-state index in [1.54, 1.807) is 0 Å². The van der Waals surface area contributed by atoms with Crippen molar-refractivity contribution in [3.63, 3.8) is 0 Å². The van der Waals surface area contributed by atoms with Gasteiger partial charge in [-0.1, -0.05) is 0 Å². The Labute approximate surface area is 198 Å². The first kappa shape index (κ1) is 24.3. The van der Waals surface area contributed by atoms with E-state index in [2.05, 4.69) is 20.4 Å². The van der Waals surface area contributed by atoms with Gasteiger partial charge in [-0.25, -0.2) is 13.2 Å². The Morgan fingerprint density at radius 3 is 2.23 bits per heavy atom. The van der Waals surface area contributed by atoms with Crippen molar-refractivity contribution in [1.29, 1.82) is 0 Å². The Balaban J connectivity index is 1.27. The average Bonchev–Trinajstić information content (AvgIpc) is 3.34. The molecule has 0 amide bonds. The van der Waals surface area contributed by atoms with Crippen molar-refractivity contribution < 1.29 is 31.1 Å². The molecular formula is C24H26F6N4O. The van der Waals surface area contributed by atoms with Gasteiger partial charge in [0, 0.05) is 50.5 Å². The Hall–Kier alpha value is -2.40. The number of anilines is 1. The van der Waals surface area contributed by atoms with E-state index in [9.17, 15) is 26.3 Å². The quantitative estimate of drug-likeness (QED) is 0.456. The van der Waals surface area contributed by atoms with E-state index in [1.807, 2.05) is 0 Å². The van der Waals surface area contributed by atoms with E-state index in [-0.39, 0.29) is 12.1 Å². The van der Waals surface area contributed by atoms with Gasteiger partial charge >= 0.3 is 6.18 Å². The third-order valence-electron chi connectivity index (χ3n) is 7.41. The molecule has 1 saturated carbocycles. The van der Waals surface area contributed by atoms with Gasteiger partial charge in [-0.05, 0) is 55.6 Å². The van der Waals surface area contributed by atoms with Crippen LogP contribution in [0.5, 0.6) is 0 Å². The highest BCUT2D eigenvalue weighted by atomic mass is 19.4.